The Bertz CT molecular complexity index is 355. The topological polar surface area (TPSA) is 55.1 Å². The maximum absolute atomic E-state index is 11.5. The van der Waals surface area contributed by atoms with E-state index < -0.39 is 0 Å². The first-order valence-electron chi connectivity index (χ1n) is 5.40. The molecule has 0 bridgehead atoms. The molecule has 0 spiro atoms. The first-order valence-corrected chi connectivity index (χ1v) is 6.38. The van der Waals surface area contributed by atoms with Gasteiger partial charge in [0.2, 0.25) is 5.91 Å². The Morgan fingerprint density at radius 1 is 1.50 bits per heavy atom. The van der Waals surface area contributed by atoms with Crippen molar-refractivity contribution in [3.05, 3.63) is 24.3 Å². The zero-order valence-corrected chi connectivity index (χ0v) is 10.5. The van der Waals surface area contributed by atoms with Gasteiger partial charge in [-0.05, 0) is 25.5 Å². The number of thioether (sulfide) groups is 1. The third-order valence-electron chi connectivity index (χ3n) is 2.30. The maximum Gasteiger partial charge on any atom is 0.230 e. The third kappa shape index (κ3) is 4.14. The van der Waals surface area contributed by atoms with Crippen LogP contribution in [-0.2, 0) is 4.79 Å². The van der Waals surface area contributed by atoms with Crippen molar-refractivity contribution < 1.29 is 4.79 Å². The molecule has 0 radical (unpaired) electrons. The predicted octanol–water partition coefficient (Wildman–Crippen LogP) is 2.28. The first kappa shape index (κ1) is 12.9. The van der Waals surface area contributed by atoms with Gasteiger partial charge < -0.3 is 11.1 Å². The second kappa shape index (κ2) is 6.43. The average molecular weight is 238 g/mol. The van der Waals surface area contributed by atoms with E-state index in [-0.39, 0.29) is 11.9 Å². The number of carbonyl (C=O) groups is 1. The first-order chi connectivity index (χ1) is 7.63. The number of hydrogen-bond acceptors (Lipinski definition) is 3. The number of rotatable bonds is 5. The lowest BCUT2D eigenvalue weighted by atomic mass is 10.3. The van der Waals surface area contributed by atoms with Crippen LogP contribution in [0, 0.1) is 0 Å². The van der Waals surface area contributed by atoms with Crippen molar-refractivity contribution in [2.24, 2.45) is 0 Å². The fraction of sp³-hybridized carbons (Fsp3) is 0.417. The Balaban J connectivity index is 2.40. The lowest BCUT2D eigenvalue weighted by Gasteiger charge is -2.11. The van der Waals surface area contributed by atoms with E-state index in [9.17, 15) is 4.79 Å². The minimum Gasteiger partial charge on any atom is -0.398 e. The molecule has 0 fully saturated rings. The van der Waals surface area contributed by atoms with Gasteiger partial charge in [0.15, 0.2) is 0 Å². The summed E-state index contributed by atoms with van der Waals surface area (Å²) in [5.74, 6) is 0.473. The van der Waals surface area contributed by atoms with Crippen molar-refractivity contribution in [3.63, 3.8) is 0 Å². The lowest BCUT2D eigenvalue weighted by Crippen LogP contribution is -2.33. The van der Waals surface area contributed by atoms with Gasteiger partial charge in [0.05, 0.1) is 5.75 Å². The normalized spacial score (nSPS) is 12.1. The molecule has 1 aromatic rings. The summed E-state index contributed by atoms with van der Waals surface area (Å²) in [6.45, 7) is 4.05. The molecule has 1 unspecified atom stereocenters. The molecule has 0 aliphatic carbocycles. The Morgan fingerprint density at radius 3 is 2.81 bits per heavy atom. The largest absolute Gasteiger partial charge is 0.398 e. The quantitative estimate of drug-likeness (QED) is 0.611. The smallest absolute Gasteiger partial charge is 0.230 e. The molecule has 0 aromatic heterocycles. The fourth-order valence-electron chi connectivity index (χ4n) is 1.17. The van der Waals surface area contributed by atoms with Crippen molar-refractivity contribution in [1.82, 2.24) is 5.32 Å². The van der Waals surface area contributed by atoms with Gasteiger partial charge in [0, 0.05) is 16.6 Å². The maximum atomic E-state index is 11.5. The monoisotopic (exact) mass is 238 g/mol. The molecule has 4 heteroatoms. The average Bonchev–Trinajstić information content (AvgIpc) is 2.28. The van der Waals surface area contributed by atoms with Crippen LogP contribution >= 0.6 is 11.8 Å². The molecule has 1 amide bonds. The minimum atomic E-state index is 0.0580. The van der Waals surface area contributed by atoms with Gasteiger partial charge >= 0.3 is 0 Å². The van der Waals surface area contributed by atoms with E-state index in [1.807, 2.05) is 38.1 Å². The Labute approximate surface area is 101 Å². The van der Waals surface area contributed by atoms with Gasteiger partial charge in [-0.1, -0.05) is 19.1 Å². The highest BCUT2D eigenvalue weighted by Gasteiger charge is 2.07. The van der Waals surface area contributed by atoms with Crippen molar-refractivity contribution in [2.75, 3.05) is 11.5 Å². The number of benzene rings is 1. The van der Waals surface area contributed by atoms with E-state index in [0.717, 1.165) is 17.0 Å². The van der Waals surface area contributed by atoms with Gasteiger partial charge in [0.25, 0.3) is 0 Å². The summed E-state index contributed by atoms with van der Waals surface area (Å²) in [7, 11) is 0. The number of nitrogens with one attached hydrogen (secondary N) is 1. The van der Waals surface area contributed by atoms with E-state index in [0.29, 0.717) is 5.75 Å². The Hall–Kier alpha value is -1.16. The van der Waals surface area contributed by atoms with Crippen LogP contribution in [-0.4, -0.2) is 17.7 Å². The number of anilines is 1. The van der Waals surface area contributed by atoms with Gasteiger partial charge in [-0.2, -0.15) is 0 Å². The van der Waals surface area contributed by atoms with E-state index in [1.54, 1.807) is 0 Å². The van der Waals surface area contributed by atoms with Crippen molar-refractivity contribution >= 4 is 23.4 Å². The fourth-order valence-corrected chi connectivity index (χ4v) is 1.95. The number of nitrogen functional groups attached to an aromatic ring is 1. The molecule has 16 heavy (non-hydrogen) atoms. The second-order valence-electron chi connectivity index (χ2n) is 3.70. The van der Waals surface area contributed by atoms with Crippen molar-refractivity contribution in [1.29, 1.82) is 0 Å². The Morgan fingerprint density at radius 2 is 2.19 bits per heavy atom. The van der Waals surface area contributed by atoms with Gasteiger partial charge in [0.1, 0.15) is 0 Å². The van der Waals surface area contributed by atoms with Crippen LogP contribution in [0.1, 0.15) is 20.3 Å². The minimum absolute atomic E-state index is 0.0580. The molecule has 3 N–H and O–H groups in total. The SMILES string of the molecule is CCC(C)NC(=O)CSc1ccccc1N. The van der Waals surface area contributed by atoms with Gasteiger partial charge in [-0.15, -0.1) is 11.8 Å². The summed E-state index contributed by atoms with van der Waals surface area (Å²) in [5, 5.41) is 2.92. The molecule has 0 saturated heterocycles. The number of para-hydroxylation sites is 1. The van der Waals surface area contributed by atoms with Crippen LogP contribution in [0.4, 0.5) is 5.69 Å². The summed E-state index contributed by atoms with van der Waals surface area (Å²) in [6, 6.07) is 7.82. The Kier molecular flexibility index (Phi) is 5.19. The van der Waals surface area contributed by atoms with Gasteiger partial charge in [-0.25, -0.2) is 0 Å². The highest BCUT2D eigenvalue weighted by Crippen LogP contribution is 2.23. The number of carbonyl (C=O) groups excluding carboxylic acids is 1. The van der Waals surface area contributed by atoms with Crippen LogP contribution in [0.5, 0.6) is 0 Å². The molecule has 0 saturated carbocycles. The highest BCUT2D eigenvalue weighted by molar-refractivity contribution is 8.00. The molecule has 0 heterocycles. The summed E-state index contributed by atoms with van der Waals surface area (Å²) in [5.41, 5.74) is 6.51. The van der Waals surface area contributed by atoms with Crippen molar-refractivity contribution in [2.45, 2.75) is 31.2 Å². The summed E-state index contributed by atoms with van der Waals surface area (Å²) < 4.78 is 0. The zero-order valence-electron chi connectivity index (χ0n) is 9.69. The predicted molar refractivity (Wildman–Crippen MR) is 69.5 cm³/mol. The van der Waals surface area contributed by atoms with Crippen LogP contribution < -0.4 is 11.1 Å². The molecule has 1 atom stereocenters. The summed E-state index contributed by atoms with van der Waals surface area (Å²) >= 11 is 1.47. The number of amides is 1. The standard InChI is InChI=1S/C12H18N2OS/c1-3-9(2)14-12(15)8-16-11-7-5-4-6-10(11)13/h4-7,9H,3,8,13H2,1-2H3,(H,14,15). The number of hydrogen-bond donors (Lipinski definition) is 2. The molecule has 88 valence electrons. The lowest BCUT2D eigenvalue weighted by molar-refractivity contribution is -0.119. The highest BCUT2D eigenvalue weighted by atomic mass is 32.2. The molecule has 1 rings (SSSR count). The molecule has 0 aliphatic rings. The number of nitrogens with two attached hydrogens (primary N) is 1. The van der Waals surface area contributed by atoms with E-state index in [2.05, 4.69) is 5.32 Å². The van der Waals surface area contributed by atoms with Crippen LogP contribution in [0.3, 0.4) is 0 Å². The van der Waals surface area contributed by atoms with Crippen LogP contribution in [0.15, 0.2) is 29.2 Å². The zero-order chi connectivity index (χ0) is 12.0. The summed E-state index contributed by atoms with van der Waals surface area (Å²) in [6.07, 6.45) is 0.948. The van der Waals surface area contributed by atoms with Crippen LogP contribution in [0.25, 0.3) is 0 Å². The molecular formula is C12H18N2OS. The molecule has 0 aliphatic heterocycles. The molecule has 1 aromatic carbocycles. The summed E-state index contributed by atoms with van der Waals surface area (Å²) in [4.78, 5) is 12.5. The van der Waals surface area contributed by atoms with Crippen LogP contribution in [0.2, 0.25) is 0 Å². The van der Waals surface area contributed by atoms with E-state index in [1.165, 1.54) is 11.8 Å². The molecule has 3 nitrogen and oxygen atoms in total. The second-order valence-corrected chi connectivity index (χ2v) is 4.72. The molecular weight excluding hydrogens is 220 g/mol. The van der Waals surface area contributed by atoms with Crippen molar-refractivity contribution in [3.8, 4) is 0 Å². The van der Waals surface area contributed by atoms with E-state index in [4.69, 9.17) is 5.73 Å². The van der Waals surface area contributed by atoms with E-state index >= 15 is 0 Å². The van der Waals surface area contributed by atoms with Gasteiger partial charge in [-0.3, -0.25) is 4.79 Å². The third-order valence-corrected chi connectivity index (χ3v) is 3.39.